The Kier molecular flexibility index (Phi) is 6.13. The summed E-state index contributed by atoms with van der Waals surface area (Å²) in [4.78, 5) is 20.7. The van der Waals surface area contributed by atoms with Gasteiger partial charge in [-0.15, -0.1) is 11.3 Å². The van der Waals surface area contributed by atoms with Gasteiger partial charge in [0.1, 0.15) is 5.75 Å². The molecule has 1 unspecified atom stereocenters. The van der Waals surface area contributed by atoms with Gasteiger partial charge < -0.3 is 4.74 Å². The number of rotatable bonds is 6. The Balaban J connectivity index is 1.35. The summed E-state index contributed by atoms with van der Waals surface area (Å²) >= 11 is 7.51. The van der Waals surface area contributed by atoms with Gasteiger partial charge in [-0.1, -0.05) is 48.0 Å². The molecule has 1 aliphatic rings. The molecule has 29 heavy (non-hydrogen) atoms. The maximum Gasteiger partial charge on any atom is 0.266 e. The molecular formula is C22H22ClN3O2S. The van der Waals surface area contributed by atoms with Crippen LogP contribution in [0.2, 0.25) is 5.02 Å². The number of halogens is 1. The molecule has 7 heteroatoms. The topological polar surface area (TPSA) is 54.5 Å². The third-order valence-electron chi connectivity index (χ3n) is 4.77. The van der Waals surface area contributed by atoms with Crippen LogP contribution < -0.4 is 10.1 Å². The molecule has 5 nitrogen and oxygen atoms in total. The number of benzene rings is 2. The number of fused-ring (bicyclic) bond motifs is 1. The van der Waals surface area contributed by atoms with Crippen molar-refractivity contribution in [1.29, 1.82) is 0 Å². The maximum absolute atomic E-state index is 12.5. The molecule has 3 aromatic rings. The molecule has 150 valence electrons. The molecule has 0 spiro atoms. The number of amides is 1. The second kappa shape index (κ2) is 8.95. The Morgan fingerprint density at radius 2 is 2.10 bits per heavy atom. The molecule has 0 bridgehead atoms. The van der Waals surface area contributed by atoms with E-state index in [4.69, 9.17) is 16.3 Å². The number of hydrogen-bond acceptors (Lipinski definition) is 5. The minimum absolute atomic E-state index is 0.225. The van der Waals surface area contributed by atoms with Crippen molar-refractivity contribution in [2.45, 2.75) is 32.5 Å². The van der Waals surface area contributed by atoms with E-state index >= 15 is 0 Å². The molecular weight excluding hydrogens is 406 g/mol. The molecule has 0 fully saturated rings. The van der Waals surface area contributed by atoms with Gasteiger partial charge in [0.05, 0.1) is 5.69 Å². The van der Waals surface area contributed by atoms with Gasteiger partial charge in [-0.05, 0) is 30.7 Å². The van der Waals surface area contributed by atoms with Crippen molar-refractivity contribution in [3.05, 3.63) is 75.8 Å². The number of thiazole rings is 1. The fourth-order valence-electron chi connectivity index (χ4n) is 3.28. The van der Waals surface area contributed by atoms with Gasteiger partial charge in [0, 0.05) is 36.0 Å². The van der Waals surface area contributed by atoms with Crippen molar-refractivity contribution in [2.75, 3.05) is 11.9 Å². The lowest BCUT2D eigenvalue weighted by molar-refractivity contribution is -0.122. The standard InChI is InChI=1S/C22H22ClN3O2S/c1-15(28-18-9-5-8-17(23)12-18)21(27)25-22-24-19-10-11-26(14-20(19)29-22)13-16-6-3-2-4-7-16/h2-9,12,15H,10-11,13-14H2,1H3,(H,24,25,27). The Hall–Kier alpha value is -2.41. The van der Waals surface area contributed by atoms with Crippen molar-refractivity contribution in [1.82, 2.24) is 9.88 Å². The number of carbonyl (C=O) groups is 1. The second-order valence-electron chi connectivity index (χ2n) is 7.04. The number of aromatic nitrogens is 1. The van der Waals surface area contributed by atoms with Crippen molar-refractivity contribution >= 4 is 34.0 Å². The van der Waals surface area contributed by atoms with Crippen molar-refractivity contribution < 1.29 is 9.53 Å². The van der Waals surface area contributed by atoms with E-state index in [2.05, 4.69) is 39.5 Å². The van der Waals surface area contributed by atoms with Crippen LogP contribution in [0.1, 0.15) is 23.1 Å². The third kappa shape index (κ3) is 5.15. The van der Waals surface area contributed by atoms with E-state index in [9.17, 15) is 4.79 Å². The number of hydrogen-bond donors (Lipinski definition) is 1. The van der Waals surface area contributed by atoms with Gasteiger partial charge in [0.15, 0.2) is 11.2 Å². The van der Waals surface area contributed by atoms with E-state index in [1.807, 2.05) is 6.07 Å². The van der Waals surface area contributed by atoms with E-state index in [0.29, 0.717) is 15.9 Å². The van der Waals surface area contributed by atoms with Crippen molar-refractivity contribution in [2.24, 2.45) is 0 Å². The zero-order valence-electron chi connectivity index (χ0n) is 16.1. The lowest BCUT2D eigenvalue weighted by Crippen LogP contribution is -2.30. The maximum atomic E-state index is 12.5. The first kappa shape index (κ1) is 19.9. The smallest absolute Gasteiger partial charge is 0.266 e. The van der Waals surface area contributed by atoms with Crippen LogP contribution in [0.15, 0.2) is 54.6 Å². The fourth-order valence-corrected chi connectivity index (χ4v) is 4.52. The van der Waals surface area contributed by atoms with E-state index < -0.39 is 6.10 Å². The highest BCUT2D eigenvalue weighted by atomic mass is 35.5. The molecule has 1 aromatic heterocycles. The van der Waals surface area contributed by atoms with Crippen molar-refractivity contribution in [3.8, 4) is 5.75 Å². The molecule has 1 amide bonds. The van der Waals surface area contributed by atoms with Crippen LogP contribution in [0.3, 0.4) is 0 Å². The predicted molar refractivity (Wildman–Crippen MR) is 117 cm³/mol. The molecule has 0 saturated carbocycles. The lowest BCUT2D eigenvalue weighted by Gasteiger charge is -2.25. The van der Waals surface area contributed by atoms with Crippen molar-refractivity contribution in [3.63, 3.8) is 0 Å². The van der Waals surface area contributed by atoms with Crippen LogP contribution in [0.25, 0.3) is 0 Å². The number of anilines is 1. The zero-order valence-corrected chi connectivity index (χ0v) is 17.7. The molecule has 0 aliphatic carbocycles. The highest BCUT2D eigenvalue weighted by molar-refractivity contribution is 7.15. The Morgan fingerprint density at radius 3 is 2.90 bits per heavy atom. The van der Waals surface area contributed by atoms with Crippen LogP contribution in [0, 0.1) is 0 Å². The highest BCUT2D eigenvalue weighted by Gasteiger charge is 2.23. The zero-order chi connectivity index (χ0) is 20.2. The monoisotopic (exact) mass is 427 g/mol. The quantitative estimate of drug-likeness (QED) is 0.616. The van der Waals surface area contributed by atoms with E-state index in [1.54, 1.807) is 42.5 Å². The highest BCUT2D eigenvalue weighted by Crippen LogP contribution is 2.29. The molecule has 0 saturated heterocycles. The van der Waals surface area contributed by atoms with Crippen LogP contribution in [-0.4, -0.2) is 28.4 Å². The minimum atomic E-state index is -0.649. The molecule has 2 heterocycles. The fraction of sp³-hybridized carbons (Fsp3) is 0.273. The summed E-state index contributed by atoms with van der Waals surface area (Å²) in [5.74, 6) is 0.340. The largest absolute Gasteiger partial charge is 0.481 e. The lowest BCUT2D eigenvalue weighted by atomic mass is 10.1. The molecule has 1 aliphatic heterocycles. The first-order chi connectivity index (χ1) is 14.1. The first-order valence-electron chi connectivity index (χ1n) is 9.55. The van der Waals surface area contributed by atoms with Gasteiger partial charge >= 0.3 is 0 Å². The normalized spacial score (nSPS) is 14.8. The summed E-state index contributed by atoms with van der Waals surface area (Å²) in [5.41, 5.74) is 2.39. The van der Waals surface area contributed by atoms with Gasteiger partial charge in [0.25, 0.3) is 5.91 Å². The summed E-state index contributed by atoms with van der Waals surface area (Å²) in [5, 5.41) is 4.09. The van der Waals surface area contributed by atoms with Crippen LogP contribution >= 0.6 is 22.9 Å². The number of nitrogens with zero attached hydrogens (tertiary/aromatic N) is 2. The summed E-state index contributed by atoms with van der Waals surface area (Å²) in [6.45, 7) is 4.45. The summed E-state index contributed by atoms with van der Waals surface area (Å²) < 4.78 is 5.69. The third-order valence-corrected chi connectivity index (χ3v) is 6.00. The second-order valence-corrected chi connectivity index (χ2v) is 8.56. The summed E-state index contributed by atoms with van der Waals surface area (Å²) in [7, 11) is 0. The van der Waals surface area contributed by atoms with Gasteiger partial charge in [-0.3, -0.25) is 15.0 Å². The molecule has 1 N–H and O–H groups in total. The van der Waals surface area contributed by atoms with Gasteiger partial charge in [0.2, 0.25) is 0 Å². The summed E-state index contributed by atoms with van der Waals surface area (Å²) in [6.07, 6.45) is 0.243. The van der Waals surface area contributed by atoms with E-state index in [0.717, 1.165) is 31.7 Å². The Labute approximate surface area is 179 Å². The number of ether oxygens (including phenoxy) is 1. The van der Waals surface area contributed by atoms with E-state index in [-0.39, 0.29) is 5.91 Å². The molecule has 1 atom stereocenters. The molecule has 0 radical (unpaired) electrons. The SMILES string of the molecule is CC(Oc1cccc(Cl)c1)C(=O)Nc1nc2c(s1)CN(Cc1ccccc1)CC2. The average molecular weight is 428 g/mol. The number of nitrogens with one attached hydrogen (secondary N) is 1. The average Bonchev–Trinajstić information content (AvgIpc) is 3.10. The number of carbonyl (C=O) groups excluding carboxylic acids is 1. The minimum Gasteiger partial charge on any atom is -0.481 e. The van der Waals surface area contributed by atoms with Gasteiger partial charge in [-0.2, -0.15) is 0 Å². The predicted octanol–water partition coefficient (Wildman–Crippen LogP) is 4.76. The Morgan fingerprint density at radius 1 is 1.28 bits per heavy atom. The Bertz CT molecular complexity index is 993. The van der Waals surface area contributed by atoms with Crippen LogP contribution in [0.4, 0.5) is 5.13 Å². The first-order valence-corrected chi connectivity index (χ1v) is 10.7. The van der Waals surface area contributed by atoms with Crippen LogP contribution in [-0.2, 0) is 24.3 Å². The molecule has 2 aromatic carbocycles. The van der Waals surface area contributed by atoms with Crippen LogP contribution in [0.5, 0.6) is 5.75 Å². The van der Waals surface area contributed by atoms with Gasteiger partial charge in [-0.25, -0.2) is 4.98 Å². The molecule has 4 rings (SSSR count). The van der Waals surface area contributed by atoms with E-state index in [1.165, 1.54) is 10.4 Å². The summed E-state index contributed by atoms with van der Waals surface area (Å²) in [6, 6.07) is 17.5.